The third-order valence-electron chi connectivity index (χ3n) is 4.83. The highest BCUT2D eigenvalue weighted by Gasteiger charge is 2.24. The molecule has 5 nitrogen and oxygen atoms in total. The van der Waals surface area contributed by atoms with Crippen LogP contribution >= 0.6 is 0 Å². The van der Waals surface area contributed by atoms with Gasteiger partial charge in [-0.1, -0.05) is 36.4 Å². The summed E-state index contributed by atoms with van der Waals surface area (Å²) < 4.78 is 25.4. The van der Waals surface area contributed by atoms with Gasteiger partial charge in [0.2, 0.25) is 0 Å². The van der Waals surface area contributed by atoms with Crippen LogP contribution in [0.25, 0.3) is 0 Å². The second-order valence-corrected chi connectivity index (χ2v) is 8.62. The summed E-state index contributed by atoms with van der Waals surface area (Å²) in [7, 11) is -1.56. The van der Waals surface area contributed by atoms with Gasteiger partial charge >= 0.3 is 0 Å². The number of piperidine rings is 1. The van der Waals surface area contributed by atoms with Crippen LogP contribution in [0.1, 0.15) is 28.8 Å². The topological polar surface area (TPSA) is 66.5 Å². The summed E-state index contributed by atoms with van der Waals surface area (Å²) in [6.07, 6.45) is 1.82. The predicted molar refractivity (Wildman–Crippen MR) is 102 cm³/mol. The number of carbonyl (C=O) groups is 1. The van der Waals surface area contributed by atoms with Gasteiger partial charge in [0.1, 0.15) is 0 Å². The monoisotopic (exact) mass is 372 g/mol. The molecule has 1 heterocycles. The van der Waals surface area contributed by atoms with E-state index in [4.69, 9.17) is 0 Å². The van der Waals surface area contributed by atoms with Crippen molar-refractivity contribution in [3.05, 3.63) is 65.7 Å². The van der Waals surface area contributed by atoms with Crippen LogP contribution in [-0.4, -0.2) is 45.4 Å². The largest absolute Gasteiger partial charge is 0.339 e. The SMILES string of the molecule is CNC1CCN(C(=O)c2cccc(S(=O)(=O)Cc3ccccc3)c2)CC1. The lowest BCUT2D eigenvalue weighted by Gasteiger charge is -2.31. The third kappa shape index (κ3) is 4.31. The van der Waals surface area contributed by atoms with E-state index in [-0.39, 0.29) is 16.6 Å². The molecule has 2 aromatic carbocycles. The summed E-state index contributed by atoms with van der Waals surface area (Å²) in [5.74, 6) is -0.171. The van der Waals surface area contributed by atoms with Gasteiger partial charge in [-0.3, -0.25) is 4.79 Å². The van der Waals surface area contributed by atoms with Gasteiger partial charge in [-0.25, -0.2) is 8.42 Å². The molecule has 0 aliphatic carbocycles. The average molecular weight is 372 g/mol. The first kappa shape index (κ1) is 18.6. The van der Waals surface area contributed by atoms with Crippen molar-refractivity contribution in [1.29, 1.82) is 0 Å². The Morgan fingerprint density at radius 2 is 1.77 bits per heavy atom. The van der Waals surface area contributed by atoms with Crippen molar-refractivity contribution in [2.75, 3.05) is 20.1 Å². The van der Waals surface area contributed by atoms with Gasteiger partial charge in [0.25, 0.3) is 5.91 Å². The molecule has 0 radical (unpaired) electrons. The fraction of sp³-hybridized carbons (Fsp3) is 0.350. The number of hydrogen-bond acceptors (Lipinski definition) is 4. The fourth-order valence-electron chi connectivity index (χ4n) is 3.25. The summed E-state index contributed by atoms with van der Waals surface area (Å²) in [4.78, 5) is 14.7. The van der Waals surface area contributed by atoms with Crippen LogP contribution in [0.4, 0.5) is 0 Å². The minimum atomic E-state index is -3.49. The lowest BCUT2D eigenvalue weighted by Crippen LogP contribution is -2.43. The number of carbonyl (C=O) groups excluding carboxylic acids is 1. The quantitative estimate of drug-likeness (QED) is 0.876. The first-order valence-electron chi connectivity index (χ1n) is 8.83. The zero-order valence-electron chi connectivity index (χ0n) is 14.9. The molecule has 0 spiro atoms. The van der Waals surface area contributed by atoms with Gasteiger partial charge in [0.15, 0.2) is 9.84 Å². The molecule has 26 heavy (non-hydrogen) atoms. The Kier molecular flexibility index (Phi) is 5.74. The Labute approximate surface area is 154 Å². The second-order valence-electron chi connectivity index (χ2n) is 6.63. The fourth-order valence-corrected chi connectivity index (χ4v) is 4.64. The van der Waals surface area contributed by atoms with E-state index < -0.39 is 9.84 Å². The van der Waals surface area contributed by atoms with E-state index in [2.05, 4.69) is 5.32 Å². The molecule has 3 rings (SSSR count). The molecule has 0 atom stereocenters. The minimum absolute atomic E-state index is 0.0704. The van der Waals surface area contributed by atoms with E-state index in [0.29, 0.717) is 24.7 Å². The van der Waals surface area contributed by atoms with E-state index in [1.807, 2.05) is 25.2 Å². The van der Waals surface area contributed by atoms with Crippen LogP contribution in [0.2, 0.25) is 0 Å². The zero-order chi connectivity index (χ0) is 18.6. The van der Waals surface area contributed by atoms with Gasteiger partial charge in [0, 0.05) is 24.7 Å². The Bertz CT molecular complexity index is 858. The number of benzene rings is 2. The highest BCUT2D eigenvalue weighted by atomic mass is 32.2. The van der Waals surface area contributed by atoms with Gasteiger partial charge in [-0.2, -0.15) is 0 Å². The van der Waals surface area contributed by atoms with E-state index in [1.54, 1.807) is 35.2 Å². The van der Waals surface area contributed by atoms with Crippen molar-refractivity contribution < 1.29 is 13.2 Å². The minimum Gasteiger partial charge on any atom is -0.339 e. The third-order valence-corrected chi connectivity index (χ3v) is 6.52. The highest BCUT2D eigenvalue weighted by molar-refractivity contribution is 7.90. The van der Waals surface area contributed by atoms with Gasteiger partial charge in [-0.05, 0) is 43.7 Å². The Hall–Kier alpha value is -2.18. The van der Waals surface area contributed by atoms with Crippen molar-refractivity contribution in [2.24, 2.45) is 0 Å². The van der Waals surface area contributed by atoms with Gasteiger partial charge in [0.05, 0.1) is 10.6 Å². The molecule has 0 aromatic heterocycles. The number of likely N-dealkylation sites (tertiary alicyclic amines) is 1. The molecular weight excluding hydrogens is 348 g/mol. The molecular formula is C20H24N2O3S. The molecule has 1 amide bonds. The number of nitrogens with one attached hydrogen (secondary N) is 1. The van der Waals surface area contributed by atoms with Gasteiger partial charge < -0.3 is 10.2 Å². The molecule has 1 fully saturated rings. The van der Waals surface area contributed by atoms with E-state index in [1.165, 1.54) is 6.07 Å². The van der Waals surface area contributed by atoms with E-state index in [0.717, 1.165) is 18.4 Å². The maximum absolute atomic E-state index is 12.7. The molecule has 1 saturated heterocycles. The summed E-state index contributed by atoms with van der Waals surface area (Å²) >= 11 is 0. The highest BCUT2D eigenvalue weighted by Crippen LogP contribution is 2.20. The molecule has 0 bridgehead atoms. The van der Waals surface area contributed by atoms with Crippen LogP contribution in [0.5, 0.6) is 0 Å². The van der Waals surface area contributed by atoms with Crippen LogP contribution < -0.4 is 5.32 Å². The Morgan fingerprint density at radius 3 is 2.42 bits per heavy atom. The first-order chi connectivity index (χ1) is 12.5. The smallest absolute Gasteiger partial charge is 0.253 e. The molecule has 1 N–H and O–H groups in total. The van der Waals surface area contributed by atoms with Crippen molar-refractivity contribution in [1.82, 2.24) is 10.2 Å². The molecule has 1 aliphatic rings. The van der Waals surface area contributed by atoms with E-state index >= 15 is 0 Å². The zero-order valence-corrected chi connectivity index (χ0v) is 15.7. The van der Waals surface area contributed by atoms with Crippen molar-refractivity contribution in [2.45, 2.75) is 29.5 Å². The van der Waals surface area contributed by atoms with Crippen molar-refractivity contribution >= 4 is 15.7 Å². The lowest BCUT2D eigenvalue weighted by atomic mass is 10.0. The molecule has 6 heteroatoms. The maximum Gasteiger partial charge on any atom is 0.253 e. The van der Waals surface area contributed by atoms with Gasteiger partial charge in [-0.15, -0.1) is 0 Å². The average Bonchev–Trinajstić information content (AvgIpc) is 2.68. The molecule has 0 saturated carbocycles. The lowest BCUT2D eigenvalue weighted by molar-refractivity contribution is 0.0707. The number of nitrogens with zero attached hydrogens (tertiary/aromatic N) is 1. The molecule has 0 unspecified atom stereocenters. The van der Waals surface area contributed by atoms with Crippen LogP contribution in [0.3, 0.4) is 0 Å². The van der Waals surface area contributed by atoms with Crippen molar-refractivity contribution in [3.8, 4) is 0 Å². The normalized spacial score (nSPS) is 15.8. The van der Waals surface area contributed by atoms with E-state index in [9.17, 15) is 13.2 Å². The summed E-state index contributed by atoms with van der Waals surface area (Å²) in [5.41, 5.74) is 1.17. The maximum atomic E-state index is 12.7. The standard InChI is InChI=1S/C20H24N2O3S/c1-21-18-10-12-22(13-11-18)20(23)17-8-5-9-19(14-17)26(24,25)15-16-6-3-2-4-7-16/h2-9,14,18,21H,10-13,15H2,1H3. The summed E-state index contributed by atoms with van der Waals surface area (Å²) in [5, 5.41) is 3.24. The number of rotatable bonds is 5. The van der Waals surface area contributed by atoms with Crippen LogP contribution in [0, 0.1) is 0 Å². The van der Waals surface area contributed by atoms with Crippen LogP contribution in [-0.2, 0) is 15.6 Å². The molecule has 138 valence electrons. The van der Waals surface area contributed by atoms with Crippen molar-refractivity contribution in [3.63, 3.8) is 0 Å². The summed E-state index contributed by atoms with van der Waals surface area (Å²) in [6.45, 7) is 1.37. The second kappa shape index (κ2) is 8.01. The number of hydrogen-bond donors (Lipinski definition) is 1. The molecule has 2 aromatic rings. The first-order valence-corrected chi connectivity index (χ1v) is 10.5. The predicted octanol–water partition coefficient (Wildman–Crippen LogP) is 2.48. The molecule has 1 aliphatic heterocycles. The Morgan fingerprint density at radius 1 is 1.08 bits per heavy atom. The summed E-state index contributed by atoms with van der Waals surface area (Å²) in [6, 6.07) is 15.9. The van der Waals surface area contributed by atoms with Crippen LogP contribution in [0.15, 0.2) is 59.5 Å². The number of amides is 1. The Balaban J connectivity index is 1.76. The number of sulfone groups is 1.